The Bertz CT molecular complexity index is 327. The van der Waals surface area contributed by atoms with Crippen LogP contribution in [0.4, 0.5) is 4.79 Å². The van der Waals surface area contributed by atoms with Gasteiger partial charge >= 0.3 is 12.0 Å². The first-order valence-electron chi connectivity index (χ1n) is 6.53. The van der Waals surface area contributed by atoms with Gasteiger partial charge in [0.05, 0.1) is 11.5 Å². The first-order chi connectivity index (χ1) is 9.01. The van der Waals surface area contributed by atoms with Crippen LogP contribution in [0.5, 0.6) is 0 Å². The fraction of sp³-hybridized carbons (Fsp3) is 0.833. The van der Waals surface area contributed by atoms with Crippen molar-refractivity contribution in [2.75, 3.05) is 18.9 Å². The third kappa shape index (κ3) is 4.28. The van der Waals surface area contributed by atoms with Crippen LogP contribution in [0, 0.1) is 0 Å². The van der Waals surface area contributed by atoms with Gasteiger partial charge in [-0.3, -0.25) is 4.90 Å². The van der Waals surface area contributed by atoms with Crippen molar-refractivity contribution >= 4 is 23.8 Å². The van der Waals surface area contributed by atoms with E-state index in [-0.39, 0.29) is 17.5 Å². The number of carboxylic acid groups (broad SMARTS) is 1. The highest BCUT2D eigenvalue weighted by Gasteiger charge is 2.40. The van der Waals surface area contributed by atoms with Gasteiger partial charge in [-0.1, -0.05) is 6.92 Å². The molecule has 0 aromatic carbocycles. The summed E-state index contributed by atoms with van der Waals surface area (Å²) in [7, 11) is 0. The number of nitrogens with zero attached hydrogens (tertiary/aromatic N) is 1. The molecule has 1 aliphatic rings. The maximum absolute atomic E-state index is 12.1. The monoisotopic (exact) mass is 290 g/mol. The summed E-state index contributed by atoms with van der Waals surface area (Å²) in [6.45, 7) is 6.69. The van der Waals surface area contributed by atoms with E-state index in [4.69, 9.17) is 9.84 Å². The second-order valence-corrected chi connectivity index (χ2v) is 5.62. The highest BCUT2D eigenvalue weighted by atomic mass is 32.2. The molecule has 7 heteroatoms. The standard InChI is InChI=1S/C12H22N2O4S/c1-4-10-14(9(7-19-10)11(15)16)12(17)13-6-8(3)18-5-2/h8-10H,4-7H2,1-3H3,(H,13,17)(H,15,16). The largest absolute Gasteiger partial charge is 0.480 e. The Morgan fingerprint density at radius 2 is 2.21 bits per heavy atom. The molecule has 2 N–H and O–H groups in total. The number of carboxylic acids is 1. The Hall–Kier alpha value is -0.950. The highest BCUT2D eigenvalue weighted by molar-refractivity contribution is 8.00. The molecule has 0 radical (unpaired) electrons. The number of rotatable bonds is 6. The Balaban J connectivity index is 2.58. The average molecular weight is 290 g/mol. The van der Waals surface area contributed by atoms with E-state index in [0.717, 1.165) is 6.42 Å². The summed E-state index contributed by atoms with van der Waals surface area (Å²) in [5.74, 6) is -0.501. The molecule has 0 saturated carbocycles. The van der Waals surface area contributed by atoms with Crippen LogP contribution in [0.25, 0.3) is 0 Å². The van der Waals surface area contributed by atoms with Gasteiger partial charge in [-0.25, -0.2) is 9.59 Å². The molecule has 0 aromatic heterocycles. The number of hydrogen-bond donors (Lipinski definition) is 2. The van der Waals surface area contributed by atoms with E-state index in [1.807, 2.05) is 20.8 Å². The lowest BCUT2D eigenvalue weighted by atomic mass is 10.2. The van der Waals surface area contributed by atoms with Gasteiger partial charge < -0.3 is 15.2 Å². The summed E-state index contributed by atoms with van der Waals surface area (Å²) in [4.78, 5) is 24.7. The van der Waals surface area contributed by atoms with Crippen molar-refractivity contribution in [3.63, 3.8) is 0 Å². The second kappa shape index (κ2) is 7.59. The predicted octanol–water partition coefficient (Wildman–Crippen LogP) is 1.36. The maximum Gasteiger partial charge on any atom is 0.327 e. The number of ether oxygens (including phenoxy) is 1. The summed E-state index contributed by atoms with van der Waals surface area (Å²) in [5.41, 5.74) is 0. The van der Waals surface area contributed by atoms with Crippen molar-refractivity contribution in [3.8, 4) is 0 Å². The molecule has 110 valence electrons. The molecular formula is C12H22N2O4S. The first kappa shape index (κ1) is 16.1. The molecule has 3 atom stereocenters. The fourth-order valence-electron chi connectivity index (χ4n) is 2.01. The minimum atomic E-state index is -0.948. The number of carbonyl (C=O) groups is 2. The molecule has 19 heavy (non-hydrogen) atoms. The van der Waals surface area contributed by atoms with E-state index in [9.17, 15) is 9.59 Å². The summed E-state index contributed by atoms with van der Waals surface area (Å²) >= 11 is 1.51. The lowest BCUT2D eigenvalue weighted by molar-refractivity contribution is -0.141. The molecule has 0 bridgehead atoms. The van der Waals surface area contributed by atoms with Gasteiger partial charge in [-0.15, -0.1) is 11.8 Å². The summed E-state index contributed by atoms with van der Waals surface area (Å²) in [5, 5.41) is 11.8. The molecule has 3 unspecified atom stereocenters. The van der Waals surface area contributed by atoms with Gasteiger partial charge in [-0.2, -0.15) is 0 Å². The second-order valence-electron chi connectivity index (χ2n) is 4.41. The molecule has 1 rings (SSSR count). The normalized spacial score (nSPS) is 24.3. The number of aliphatic carboxylic acids is 1. The van der Waals surface area contributed by atoms with Crippen molar-refractivity contribution < 1.29 is 19.4 Å². The number of urea groups is 1. The van der Waals surface area contributed by atoms with Crippen LogP contribution in [0.15, 0.2) is 0 Å². The highest BCUT2D eigenvalue weighted by Crippen LogP contribution is 2.31. The van der Waals surface area contributed by atoms with Crippen LogP contribution < -0.4 is 5.32 Å². The van der Waals surface area contributed by atoms with E-state index in [0.29, 0.717) is 18.9 Å². The summed E-state index contributed by atoms with van der Waals surface area (Å²) < 4.78 is 5.33. The van der Waals surface area contributed by atoms with Crippen LogP contribution in [-0.2, 0) is 9.53 Å². The minimum absolute atomic E-state index is 0.0662. The molecular weight excluding hydrogens is 268 g/mol. The molecule has 1 saturated heterocycles. The van der Waals surface area contributed by atoms with Crippen LogP contribution in [0.3, 0.4) is 0 Å². The quantitative estimate of drug-likeness (QED) is 0.772. The first-order valence-corrected chi connectivity index (χ1v) is 7.58. The molecule has 2 amide bonds. The van der Waals surface area contributed by atoms with Gasteiger partial charge in [0, 0.05) is 18.9 Å². The van der Waals surface area contributed by atoms with Gasteiger partial charge in [0.2, 0.25) is 0 Å². The number of amides is 2. The lowest BCUT2D eigenvalue weighted by Gasteiger charge is -2.27. The van der Waals surface area contributed by atoms with Gasteiger partial charge in [0.15, 0.2) is 0 Å². The molecule has 6 nitrogen and oxygen atoms in total. The van der Waals surface area contributed by atoms with E-state index < -0.39 is 12.0 Å². The van der Waals surface area contributed by atoms with Gasteiger partial charge in [-0.05, 0) is 20.3 Å². The van der Waals surface area contributed by atoms with Crippen molar-refractivity contribution in [2.45, 2.75) is 44.7 Å². The lowest BCUT2D eigenvalue weighted by Crippen LogP contribution is -2.51. The molecule has 0 aromatic rings. The number of thioether (sulfide) groups is 1. The Morgan fingerprint density at radius 3 is 2.74 bits per heavy atom. The zero-order valence-electron chi connectivity index (χ0n) is 11.6. The summed E-state index contributed by atoms with van der Waals surface area (Å²) in [6, 6.07) is -1.06. The zero-order chi connectivity index (χ0) is 14.4. The molecule has 1 aliphatic heterocycles. The third-order valence-corrected chi connectivity index (χ3v) is 4.41. The summed E-state index contributed by atoms with van der Waals surface area (Å²) in [6.07, 6.45) is 0.663. The fourth-order valence-corrected chi connectivity index (χ4v) is 3.35. The van der Waals surface area contributed by atoms with Crippen LogP contribution in [0.2, 0.25) is 0 Å². The molecule has 0 spiro atoms. The smallest absolute Gasteiger partial charge is 0.327 e. The van der Waals surface area contributed by atoms with Crippen molar-refractivity contribution in [3.05, 3.63) is 0 Å². The van der Waals surface area contributed by atoms with E-state index in [1.54, 1.807) is 0 Å². The van der Waals surface area contributed by atoms with Crippen molar-refractivity contribution in [2.24, 2.45) is 0 Å². The number of carbonyl (C=O) groups excluding carboxylic acids is 1. The predicted molar refractivity (Wildman–Crippen MR) is 74.3 cm³/mol. The van der Waals surface area contributed by atoms with Crippen LogP contribution in [0.1, 0.15) is 27.2 Å². The molecule has 1 heterocycles. The Kier molecular flexibility index (Phi) is 6.44. The third-order valence-electron chi connectivity index (χ3n) is 2.95. The number of hydrogen-bond acceptors (Lipinski definition) is 4. The van der Waals surface area contributed by atoms with Gasteiger partial charge in [0.1, 0.15) is 6.04 Å². The van der Waals surface area contributed by atoms with E-state index in [1.165, 1.54) is 16.7 Å². The Labute approximate surface area is 117 Å². The SMILES string of the molecule is CCOC(C)CNC(=O)N1C(CC)SCC1C(=O)O. The maximum atomic E-state index is 12.1. The van der Waals surface area contributed by atoms with E-state index in [2.05, 4.69) is 5.32 Å². The van der Waals surface area contributed by atoms with Crippen molar-refractivity contribution in [1.82, 2.24) is 10.2 Å². The topological polar surface area (TPSA) is 78.9 Å². The zero-order valence-corrected chi connectivity index (χ0v) is 12.4. The average Bonchev–Trinajstić information content (AvgIpc) is 2.80. The van der Waals surface area contributed by atoms with E-state index >= 15 is 0 Å². The van der Waals surface area contributed by atoms with Crippen LogP contribution >= 0.6 is 11.8 Å². The number of nitrogens with one attached hydrogen (secondary N) is 1. The Morgan fingerprint density at radius 1 is 1.53 bits per heavy atom. The van der Waals surface area contributed by atoms with Crippen LogP contribution in [-0.4, -0.2) is 58.4 Å². The van der Waals surface area contributed by atoms with Gasteiger partial charge in [0.25, 0.3) is 0 Å². The molecule has 0 aliphatic carbocycles. The minimum Gasteiger partial charge on any atom is -0.480 e. The molecule has 1 fully saturated rings. The van der Waals surface area contributed by atoms with Crippen molar-refractivity contribution in [1.29, 1.82) is 0 Å².